The summed E-state index contributed by atoms with van der Waals surface area (Å²) < 4.78 is 0. The maximum absolute atomic E-state index is 12.6. The van der Waals surface area contributed by atoms with E-state index in [2.05, 4.69) is 16.9 Å². The number of rotatable bonds is 4. The van der Waals surface area contributed by atoms with Crippen LogP contribution < -0.4 is 11.3 Å². The van der Waals surface area contributed by atoms with Crippen molar-refractivity contribution >= 4 is 39.9 Å². The summed E-state index contributed by atoms with van der Waals surface area (Å²) in [6, 6.07) is 0. The van der Waals surface area contributed by atoms with Crippen LogP contribution in [0.2, 0.25) is 0 Å². The molecule has 8 heteroatoms. The van der Waals surface area contributed by atoms with Crippen molar-refractivity contribution in [1.82, 2.24) is 14.9 Å². The SMILES string of the molecule is CC1CCc2c(sc3nc(CCC(=O)N4CCC(CN)C4)[nH]c(=O)c23)C1.Cl. The first-order valence-corrected chi connectivity index (χ1v) is 10.4. The van der Waals surface area contributed by atoms with Crippen molar-refractivity contribution < 1.29 is 4.79 Å². The Morgan fingerprint density at radius 1 is 1.41 bits per heavy atom. The third-order valence-corrected chi connectivity index (χ3v) is 6.91. The summed E-state index contributed by atoms with van der Waals surface area (Å²) in [5.41, 5.74) is 6.85. The quantitative estimate of drug-likeness (QED) is 0.808. The summed E-state index contributed by atoms with van der Waals surface area (Å²) in [4.78, 5) is 36.6. The smallest absolute Gasteiger partial charge is 0.259 e. The molecule has 1 aliphatic carbocycles. The second-order valence-corrected chi connectivity index (χ2v) is 8.86. The Labute approximate surface area is 169 Å². The number of likely N-dealkylation sites (tertiary alicyclic amines) is 1. The highest BCUT2D eigenvalue weighted by molar-refractivity contribution is 7.18. The maximum Gasteiger partial charge on any atom is 0.259 e. The van der Waals surface area contributed by atoms with Crippen molar-refractivity contribution in [3.05, 3.63) is 26.6 Å². The Morgan fingerprint density at radius 2 is 2.22 bits per heavy atom. The van der Waals surface area contributed by atoms with Crippen LogP contribution in [0.5, 0.6) is 0 Å². The molecule has 0 saturated carbocycles. The summed E-state index contributed by atoms with van der Waals surface area (Å²) in [5, 5.41) is 0.775. The van der Waals surface area contributed by atoms with Crippen molar-refractivity contribution in [3.8, 4) is 0 Å². The predicted octanol–water partition coefficient (Wildman–Crippen LogP) is 2.27. The lowest BCUT2D eigenvalue weighted by molar-refractivity contribution is -0.130. The minimum atomic E-state index is -0.0473. The number of hydrogen-bond donors (Lipinski definition) is 2. The van der Waals surface area contributed by atoms with Crippen LogP contribution in [0.15, 0.2) is 4.79 Å². The van der Waals surface area contributed by atoms with Crippen molar-refractivity contribution in [2.24, 2.45) is 17.6 Å². The van der Waals surface area contributed by atoms with E-state index in [0.717, 1.165) is 49.0 Å². The molecule has 148 valence electrons. The molecule has 1 fully saturated rings. The predicted molar refractivity (Wildman–Crippen MR) is 111 cm³/mol. The van der Waals surface area contributed by atoms with E-state index in [4.69, 9.17) is 5.73 Å². The average Bonchev–Trinajstić information content (AvgIpc) is 3.23. The zero-order valence-corrected chi connectivity index (χ0v) is 17.3. The zero-order valence-electron chi connectivity index (χ0n) is 15.6. The van der Waals surface area contributed by atoms with Gasteiger partial charge in [-0.1, -0.05) is 6.92 Å². The van der Waals surface area contributed by atoms with Crippen molar-refractivity contribution in [3.63, 3.8) is 0 Å². The molecular weight excluding hydrogens is 384 g/mol. The van der Waals surface area contributed by atoms with Gasteiger partial charge in [0.1, 0.15) is 10.7 Å². The molecule has 2 aromatic heterocycles. The third kappa shape index (κ3) is 4.05. The number of carbonyl (C=O) groups excluding carboxylic acids is 1. The van der Waals surface area contributed by atoms with Crippen LogP contribution in [0.3, 0.4) is 0 Å². The maximum atomic E-state index is 12.6. The van der Waals surface area contributed by atoms with Gasteiger partial charge in [-0.05, 0) is 49.6 Å². The summed E-state index contributed by atoms with van der Waals surface area (Å²) in [6.45, 7) is 4.44. The van der Waals surface area contributed by atoms with E-state index < -0.39 is 0 Å². The van der Waals surface area contributed by atoms with Crippen LogP contribution in [-0.4, -0.2) is 40.4 Å². The largest absolute Gasteiger partial charge is 0.342 e. The number of aromatic amines is 1. The number of amides is 1. The normalized spacial score (nSPS) is 21.9. The molecule has 3 N–H and O–H groups in total. The standard InChI is InChI=1S/C19H26N4O2S.ClH/c1-11-2-3-13-14(8-11)26-19-17(13)18(25)21-15(22-19)4-5-16(24)23-7-6-12(9-20)10-23;/h11-12H,2-10,20H2,1H3,(H,21,22,25);1H. The highest BCUT2D eigenvalue weighted by Gasteiger charge is 2.26. The molecule has 6 nitrogen and oxygen atoms in total. The second kappa shape index (κ2) is 8.29. The zero-order chi connectivity index (χ0) is 18.3. The van der Waals surface area contributed by atoms with E-state index in [1.807, 2.05) is 4.90 Å². The van der Waals surface area contributed by atoms with Gasteiger partial charge in [0.25, 0.3) is 5.56 Å². The molecule has 2 aliphatic rings. The minimum Gasteiger partial charge on any atom is -0.342 e. The van der Waals surface area contributed by atoms with Gasteiger partial charge in [-0.15, -0.1) is 23.7 Å². The van der Waals surface area contributed by atoms with E-state index in [9.17, 15) is 9.59 Å². The summed E-state index contributed by atoms with van der Waals surface area (Å²) in [6.07, 6.45) is 4.99. The number of carbonyl (C=O) groups is 1. The van der Waals surface area contributed by atoms with Crippen LogP contribution in [0, 0.1) is 11.8 Å². The number of thiophene rings is 1. The number of aromatic nitrogens is 2. The van der Waals surface area contributed by atoms with Gasteiger partial charge in [-0.2, -0.15) is 0 Å². The Balaban J connectivity index is 0.00000210. The molecule has 2 atom stereocenters. The van der Waals surface area contributed by atoms with E-state index in [1.165, 1.54) is 10.4 Å². The van der Waals surface area contributed by atoms with Crippen LogP contribution in [-0.2, 0) is 24.1 Å². The highest BCUT2D eigenvalue weighted by Crippen LogP contribution is 2.35. The van der Waals surface area contributed by atoms with E-state index in [-0.39, 0.29) is 23.9 Å². The second-order valence-electron chi connectivity index (χ2n) is 7.77. The number of halogens is 1. The summed E-state index contributed by atoms with van der Waals surface area (Å²) >= 11 is 1.65. The topological polar surface area (TPSA) is 92.1 Å². The number of nitrogens with two attached hydrogens (primary N) is 1. The van der Waals surface area contributed by atoms with Crippen molar-refractivity contribution in [1.29, 1.82) is 0 Å². The molecule has 3 heterocycles. The summed E-state index contributed by atoms with van der Waals surface area (Å²) in [7, 11) is 0. The molecule has 4 rings (SSSR count). The Bertz CT molecular complexity index is 894. The molecule has 1 aliphatic heterocycles. The number of nitrogens with one attached hydrogen (secondary N) is 1. The first kappa shape index (κ1) is 20.3. The van der Waals surface area contributed by atoms with Crippen LogP contribution >= 0.6 is 23.7 Å². The van der Waals surface area contributed by atoms with Gasteiger partial charge in [-0.3, -0.25) is 9.59 Å². The highest BCUT2D eigenvalue weighted by atomic mass is 35.5. The van der Waals surface area contributed by atoms with Gasteiger partial charge < -0.3 is 15.6 Å². The number of H-pyrrole nitrogens is 1. The molecule has 0 aromatic carbocycles. The van der Waals surface area contributed by atoms with E-state index >= 15 is 0 Å². The number of hydrogen-bond acceptors (Lipinski definition) is 5. The van der Waals surface area contributed by atoms with Gasteiger partial charge in [0, 0.05) is 30.8 Å². The van der Waals surface area contributed by atoms with E-state index in [1.54, 1.807) is 11.3 Å². The molecule has 1 saturated heterocycles. The Morgan fingerprint density at radius 3 is 2.96 bits per heavy atom. The van der Waals surface area contributed by atoms with E-state index in [0.29, 0.717) is 37.0 Å². The molecular formula is C19H27ClN4O2S. The molecule has 2 aromatic rings. The van der Waals surface area contributed by atoms with Gasteiger partial charge in [0.15, 0.2) is 0 Å². The van der Waals surface area contributed by atoms with Crippen LogP contribution in [0.4, 0.5) is 0 Å². The van der Waals surface area contributed by atoms with Gasteiger partial charge in [0.2, 0.25) is 5.91 Å². The molecule has 0 spiro atoms. The van der Waals surface area contributed by atoms with Crippen molar-refractivity contribution in [2.75, 3.05) is 19.6 Å². The minimum absolute atomic E-state index is 0. The lowest BCUT2D eigenvalue weighted by atomic mass is 9.89. The lowest BCUT2D eigenvalue weighted by Crippen LogP contribution is -2.30. The fraction of sp³-hybridized carbons (Fsp3) is 0.632. The fourth-order valence-corrected chi connectivity index (χ4v) is 5.55. The van der Waals surface area contributed by atoms with Crippen molar-refractivity contribution in [2.45, 2.75) is 45.4 Å². The van der Waals surface area contributed by atoms with Crippen LogP contribution in [0.1, 0.15) is 42.5 Å². The lowest BCUT2D eigenvalue weighted by Gasteiger charge is -2.17. The Kier molecular flexibility index (Phi) is 6.23. The monoisotopic (exact) mass is 410 g/mol. The van der Waals surface area contributed by atoms with Gasteiger partial charge in [0.05, 0.1) is 5.39 Å². The number of fused-ring (bicyclic) bond motifs is 3. The fourth-order valence-electron chi connectivity index (χ4n) is 4.15. The van der Waals surface area contributed by atoms with Gasteiger partial charge in [-0.25, -0.2) is 4.98 Å². The molecule has 0 bridgehead atoms. The van der Waals surface area contributed by atoms with Gasteiger partial charge >= 0.3 is 0 Å². The number of aryl methyl sites for hydroxylation is 2. The molecule has 27 heavy (non-hydrogen) atoms. The van der Waals surface area contributed by atoms with Crippen LogP contribution in [0.25, 0.3) is 10.2 Å². The molecule has 1 amide bonds. The molecule has 2 unspecified atom stereocenters. The first-order chi connectivity index (χ1) is 12.5. The summed E-state index contributed by atoms with van der Waals surface area (Å²) in [5.74, 6) is 1.85. The number of nitrogens with zero attached hydrogens (tertiary/aromatic N) is 2. The third-order valence-electron chi connectivity index (χ3n) is 5.76. The Hall–Kier alpha value is -1.44. The molecule has 0 radical (unpaired) electrons. The first-order valence-electron chi connectivity index (χ1n) is 9.56. The average molecular weight is 411 g/mol.